The molecule has 2 saturated heterocycles. The van der Waals surface area contributed by atoms with E-state index in [0.29, 0.717) is 18.2 Å². The van der Waals surface area contributed by atoms with Gasteiger partial charge in [-0.3, -0.25) is 0 Å². The van der Waals surface area contributed by atoms with Crippen molar-refractivity contribution in [2.45, 2.75) is 56.9 Å². The molecule has 134 valence electrons. The Morgan fingerprint density at radius 1 is 0.885 bits per heavy atom. The van der Waals surface area contributed by atoms with Gasteiger partial charge in [0.25, 0.3) is 0 Å². The van der Waals surface area contributed by atoms with Gasteiger partial charge in [-0.25, -0.2) is 0 Å². The van der Waals surface area contributed by atoms with E-state index < -0.39 is 0 Å². The molecule has 2 aliphatic heterocycles. The second-order valence-electron chi connectivity index (χ2n) is 8.25. The van der Waals surface area contributed by atoms with Crippen LogP contribution >= 0.6 is 0 Å². The Morgan fingerprint density at radius 3 is 2.35 bits per heavy atom. The molecule has 0 saturated carbocycles. The summed E-state index contributed by atoms with van der Waals surface area (Å²) in [6, 6.07) is 16.9. The summed E-state index contributed by atoms with van der Waals surface area (Å²) < 4.78 is 6.88. The third-order valence-electron chi connectivity index (χ3n) is 6.63. The first-order valence-electron chi connectivity index (χ1n) is 9.94. The van der Waals surface area contributed by atoms with Gasteiger partial charge in [-0.15, -0.1) is 0 Å². The second kappa shape index (κ2) is 6.37. The van der Waals surface area contributed by atoms with Crippen LogP contribution in [0.5, 0.6) is 0 Å². The van der Waals surface area contributed by atoms with Gasteiger partial charge in [-0.2, -0.15) is 0 Å². The molecule has 2 heterocycles. The van der Waals surface area contributed by atoms with E-state index in [2.05, 4.69) is 73.5 Å². The van der Waals surface area contributed by atoms with Crippen LogP contribution in [0.2, 0.25) is 0 Å². The van der Waals surface area contributed by atoms with Gasteiger partial charge < -0.3 is 9.64 Å². The smallest absolute Gasteiger partial charge is 0.109 e. The molecule has 3 aliphatic rings. The third-order valence-corrected chi connectivity index (χ3v) is 6.63. The van der Waals surface area contributed by atoms with E-state index in [4.69, 9.17) is 4.74 Å². The standard InChI is InChI=1S/C24H27NO/c1-16-7-8-18-10-9-17-5-3-4-6-22(17)24(23(18)13-16)26-21-14-19-11-12-20(15-21)25(19)2/h3-10,13,19-21,24H,11-12,14-15H2,1-2H3. The third kappa shape index (κ3) is 2.72. The maximum absolute atomic E-state index is 6.88. The van der Waals surface area contributed by atoms with Crippen molar-refractivity contribution < 1.29 is 4.74 Å². The minimum Gasteiger partial charge on any atom is -0.365 e. The summed E-state index contributed by atoms with van der Waals surface area (Å²) in [4.78, 5) is 2.58. The fourth-order valence-corrected chi connectivity index (χ4v) is 5.13. The van der Waals surface area contributed by atoms with Crippen LogP contribution in [0.3, 0.4) is 0 Å². The van der Waals surface area contributed by atoms with Gasteiger partial charge in [0.15, 0.2) is 0 Å². The highest BCUT2D eigenvalue weighted by Crippen LogP contribution is 2.41. The van der Waals surface area contributed by atoms with Gasteiger partial charge >= 0.3 is 0 Å². The largest absolute Gasteiger partial charge is 0.365 e. The van der Waals surface area contributed by atoms with Crippen molar-refractivity contribution in [3.05, 3.63) is 70.3 Å². The predicted molar refractivity (Wildman–Crippen MR) is 107 cm³/mol. The number of ether oxygens (including phenoxy) is 1. The highest BCUT2D eigenvalue weighted by molar-refractivity contribution is 5.76. The lowest BCUT2D eigenvalue weighted by atomic mass is 9.94. The molecule has 3 unspecified atom stereocenters. The fourth-order valence-electron chi connectivity index (χ4n) is 5.13. The molecule has 1 aliphatic carbocycles. The molecular formula is C24H27NO. The maximum Gasteiger partial charge on any atom is 0.109 e. The van der Waals surface area contributed by atoms with Crippen molar-refractivity contribution in [3.63, 3.8) is 0 Å². The zero-order chi connectivity index (χ0) is 17.7. The van der Waals surface area contributed by atoms with E-state index in [0.717, 1.165) is 0 Å². The average Bonchev–Trinajstić information content (AvgIpc) is 2.83. The van der Waals surface area contributed by atoms with Gasteiger partial charge in [0.2, 0.25) is 0 Å². The molecule has 2 nitrogen and oxygen atoms in total. The number of piperidine rings is 1. The number of fused-ring (bicyclic) bond motifs is 4. The zero-order valence-corrected chi connectivity index (χ0v) is 15.7. The van der Waals surface area contributed by atoms with Crippen molar-refractivity contribution in [2.24, 2.45) is 0 Å². The molecule has 2 heteroatoms. The molecule has 2 fully saturated rings. The summed E-state index contributed by atoms with van der Waals surface area (Å²) in [7, 11) is 2.29. The maximum atomic E-state index is 6.88. The lowest BCUT2D eigenvalue weighted by Crippen LogP contribution is -2.43. The van der Waals surface area contributed by atoms with E-state index in [1.54, 1.807) is 0 Å². The summed E-state index contributed by atoms with van der Waals surface area (Å²) in [5.74, 6) is 0. The summed E-state index contributed by atoms with van der Waals surface area (Å²) in [6.45, 7) is 2.17. The van der Waals surface area contributed by atoms with Gasteiger partial charge in [-0.1, -0.05) is 60.2 Å². The fraction of sp³-hybridized carbons (Fsp3) is 0.417. The summed E-state index contributed by atoms with van der Waals surface area (Å²) in [5, 5.41) is 0. The quantitative estimate of drug-likeness (QED) is 0.741. The van der Waals surface area contributed by atoms with Crippen LogP contribution in [0.1, 0.15) is 59.6 Å². The SMILES string of the molecule is Cc1ccc2c(c1)C(OC1CC3CCC(C1)N3C)c1ccccc1C=C2. The Hall–Kier alpha value is -1.90. The van der Waals surface area contributed by atoms with Crippen molar-refractivity contribution in [2.75, 3.05) is 7.05 Å². The summed E-state index contributed by atoms with van der Waals surface area (Å²) >= 11 is 0. The van der Waals surface area contributed by atoms with Crippen LogP contribution in [0, 0.1) is 6.92 Å². The lowest BCUT2D eigenvalue weighted by Gasteiger charge is -2.38. The van der Waals surface area contributed by atoms with Crippen LogP contribution in [0.15, 0.2) is 42.5 Å². The minimum absolute atomic E-state index is 0.0314. The molecule has 0 N–H and O–H groups in total. The Morgan fingerprint density at radius 2 is 1.58 bits per heavy atom. The highest BCUT2D eigenvalue weighted by Gasteiger charge is 2.40. The molecule has 2 aromatic rings. The Balaban J connectivity index is 1.53. The first-order valence-corrected chi connectivity index (χ1v) is 9.94. The van der Waals surface area contributed by atoms with E-state index >= 15 is 0 Å². The van der Waals surface area contributed by atoms with Gasteiger partial charge in [0.05, 0.1) is 6.10 Å². The van der Waals surface area contributed by atoms with Crippen LogP contribution in [0.25, 0.3) is 12.2 Å². The van der Waals surface area contributed by atoms with Gasteiger partial charge in [0, 0.05) is 12.1 Å². The van der Waals surface area contributed by atoms with Crippen molar-refractivity contribution in [1.29, 1.82) is 0 Å². The second-order valence-corrected chi connectivity index (χ2v) is 8.25. The molecule has 0 amide bonds. The monoisotopic (exact) mass is 345 g/mol. The van der Waals surface area contributed by atoms with Crippen molar-refractivity contribution >= 4 is 12.2 Å². The van der Waals surface area contributed by atoms with Gasteiger partial charge in [0.1, 0.15) is 6.10 Å². The molecule has 0 radical (unpaired) electrons. The van der Waals surface area contributed by atoms with E-state index in [9.17, 15) is 0 Å². The van der Waals surface area contributed by atoms with E-state index in [1.807, 2.05) is 0 Å². The Bertz CT molecular complexity index is 841. The van der Waals surface area contributed by atoms with Crippen molar-refractivity contribution in [1.82, 2.24) is 4.90 Å². The van der Waals surface area contributed by atoms with E-state index in [1.165, 1.54) is 53.5 Å². The molecule has 0 spiro atoms. The highest BCUT2D eigenvalue weighted by atomic mass is 16.5. The minimum atomic E-state index is 0.0314. The predicted octanol–water partition coefficient (Wildman–Crippen LogP) is 5.21. The topological polar surface area (TPSA) is 12.5 Å². The number of benzene rings is 2. The number of aryl methyl sites for hydroxylation is 1. The lowest BCUT2D eigenvalue weighted by molar-refractivity contribution is -0.0427. The normalized spacial score (nSPS) is 29.9. The van der Waals surface area contributed by atoms with Crippen LogP contribution in [-0.4, -0.2) is 30.1 Å². The Labute approximate surface area is 156 Å². The first-order chi connectivity index (χ1) is 12.7. The number of nitrogens with zero attached hydrogens (tertiary/aromatic N) is 1. The summed E-state index contributed by atoms with van der Waals surface area (Å²) in [5.41, 5.74) is 6.49. The molecule has 26 heavy (non-hydrogen) atoms. The Kier molecular flexibility index (Phi) is 3.99. The molecule has 0 aromatic heterocycles. The van der Waals surface area contributed by atoms with Gasteiger partial charge in [-0.05, 0) is 61.9 Å². The van der Waals surface area contributed by atoms with Crippen LogP contribution in [0.4, 0.5) is 0 Å². The summed E-state index contributed by atoms with van der Waals surface area (Å²) in [6.07, 6.45) is 9.87. The first kappa shape index (κ1) is 16.3. The molecule has 3 atom stereocenters. The number of hydrogen-bond acceptors (Lipinski definition) is 2. The molecule has 2 aromatic carbocycles. The molecule has 5 rings (SSSR count). The van der Waals surface area contributed by atoms with E-state index in [-0.39, 0.29) is 6.10 Å². The zero-order valence-electron chi connectivity index (χ0n) is 15.7. The van der Waals surface area contributed by atoms with Crippen LogP contribution in [-0.2, 0) is 4.74 Å². The number of hydrogen-bond donors (Lipinski definition) is 0. The molecule has 2 bridgehead atoms. The average molecular weight is 345 g/mol. The van der Waals surface area contributed by atoms with Crippen LogP contribution < -0.4 is 0 Å². The molecular weight excluding hydrogens is 318 g/mol. The number of rotatable bonds is 2. The van der Waals surface area contributed by atoms with Crippen molar-refractivity contribution in [3.8, 4) is 0 Å².